The molecule has 1 aliphatic heterocycles. The van der Waals surface area contributed by atoms with Gasteiger partial charge in [-0.05, 0) is 24.3 Å². The van der Waals surface area contributed by atoms with Crippen LogP contribution in [0.1, 0.15) is 10.4 Å². The fraction of sp³-hybridized carbons (Fsp3) is 0.200. The number of hydrogen-bond acceptors (Lipinski definition) is 4. The van der Waals surface area contributed by atoms with E-state index in [-0.39, 0.29) is 5.91 Å². The quantitative estimate of drug-likeness (QED) is 0.742. The van der Waals surface area contributed by atoms with E-state index in [1.54, 1.807) is 6.07 Å². The molecule has 3 aromatic rings. The van der Waals surface area contributed by atoms with Gasteiger partial charge in [0.1, 0.15) is 5.82 Å². The van der Waals surface area contributed by atoms with Crippen LogP contribution in [-0.2, 0) is 0 Å². The maximum Gasteiger partial charge on any atom is 0.254 e. The molecule has 1 aliphatic rings. The summed E-state index contributed by atoms with van der Waals surface area (Å²) in [5, 5.41) is 7.95. The lowest BCUT2D eigenvalue weighted by molar-refractivity contribution is 0.0736. The second kappa shape index (κ2) is 7.32. The SMILES string of the molecule is O=C(c1ccc2c(Cl)cc(Nc3ccccc3)nc2c1)N1CCNCC1. The van der Waals surface area contributed by atoms with Gasteiger partial charge in [0.2, 0.25) is 0 Å². The predicted octanol–water partition coefficient (Wildman–Crippen LogP) is 3.68. The van der Waals surface area contributed by atoms with Crippen molar-refractivity contribution in [1.82, 2.24) is 15.2 Å². The second-order valence-electron chi connectivity index (χ2n) is 6.25. The smallest absolute Gasteiger partial charge is 0.254 e. The summed E-state index contributed by atoms with van der Waals surface area (Å²) in [6.45, 7) is 3.10. The molecule has 1 aromatic heterocycles. The average molecular weight is 367 g/mol. The number of rotatable bonds is 3. The van der Waals surface area contributed by atoms with E-state index in [9.17, 15) is 4.79 Å². The Balaban J connectivity index is 1.66. The Labute approximate surface area is 157 Å². The van der Waals surface area contributed by atoms with E-state index in [2.05, 4.69) is 15.6 Å². The number of hydrogen-bond donors (Lipinski definition) is 2. The molecule has 0 aliphatic carbocycles. The fourth-order valence-corrected chi connectivity index (χ4v) is 3.37. The molecule has 0 bridgehead atoms. The van der Waals surface area contributed by atoms with Crippen molar-refractivity contribution in [3.05, 3.63) is 65.2 Å². The van der Waals surface area contributed by atoms with Crippen molar-refractivity contribution in [1.29, 1.82) is 0 Å². The van der Waals surface area contributed by atoms with E-state index in [1.807, 2.05) is 53.4 Å². The number of benzene rings is 2. The standard InChI is InChI=1S/C20H19ClN4O/c21-17-13-19(23-15-4-2-1-3-5-15)24-18-12-14(6-7-16(17)18)20(26)25-10-8-22-9-11-25/h1-7,12-13,22H,8-11H2,(H,23,24). The predicted molar refractivity (Wildman–Crippen MR) is 105 cm³/mol. The molecule has 0 atom stereocenters. The van der Waals surface area contributed by atoms with Gasteiger partial charge >= 0.3 is 0 Å². The summed E-state index contributed by atoms with van der Waals surface area (Å²) >= 11 is 6.43. The Morgan fingerprint density at radius 2 is 1.85 bits per heavy atom. The molecule has 1 amide bonds. The molecule has 132 valence electrons. The van der Waals surface area contributed by atoms with Crippen LogP contribution in [0.15, 0.2) is 54.6 Å². The number of pyridine rings is 1. The lowest BCUT2D eigenvalue weighted by atomic mass is 10.1. The molecule has 26 heavy (non-hydrogen) atoms. The van der Waals surface area contributed by atoms with E-state index in [0.29, 0.717) is 21.9 Å². The number of nitrogens with one attached hydrogen (secondary N) is 2. The Bertz CT molecular complexity index is 939. The Morgan fingerprint density at radius 1 is 1.08 bits per heavy atom. The lowest BCUT2D eigenvalue weighted by Crippen LogP contribution is -2.46. The van der Waals surface area contributed by atoms with Crippen molar-refractivity contribution in [3.63, 3.8) is 0 Å². The van der Waals surface area contributed by atoms with Crippen LogP contribution in [0, 0.1) is 0 Å². The van der Waals surface area contributed by atoms with Crippen LogP contribution in [0.3, 0.4) is 0 Å². The normalized spacial score (nSPS) is 14.4. The van der Waals surface area contributed by atoms with E-state index in [1.165, 1.54) is 0 Å². The van der Waals surface area contributed by atoms with Crippen LogP contribution in [0.25, 0.3) is 10.9 Å². The van der Waals surface area contributed by atoms with Crippen LogP contribution in [0.5, 0.6) is 0 Å². The molecule has 1 saturated heterocycles. The van der Waals surface area contributed by atoms with E-state index in [0.717, 1.165) is 37.3 Å². The largest absolute Gasteiger partial charge is 0.340 e. The number of para-hydroxylation sites is 1. The lowest BCUT2D eigenvalue weighted by Gasteiger charge is -2.27. The van der Waals surface area contributed by atoms with Gasteiger partial charge in [-0.3, -0.25) is 4.79 Å². The molecular formula is C20H19ClN4O. The first-order valence-corrected chi connectivity index (χ1v) is 9.01. The van der Waals surface area contributed by atoms with Crippen molar-refractivity contribution < 1.29 is 4.79 Å². The summed E-state index contributed by atoms with van der Waals surface area (Å²) in [6.07, 6.45) is 0. The maximum atomic E-state index is 12.7. The zero-order valence-electron chi connectivity index (χ0n) is 14.2. The average Bonchev–Trinajstić information content (AvgIpc) is 2.68. The molecule has 0 spiro atoms. The highest BCUT2D eigenvalue weighted by atomic mass is 35.5. The molecule has 0 radical (unpaired) electrons. The molecule has 0 saturated carbocycles. The summed E-state index contributed by atoms with van der Waals surface area (Å²) < 4.78 is 0. The minimum Gasteiger partial charge on any atom is -0.340 e. The topological polar surface area (TPSA) is 57.3 Å². The molecular weight excluding hydrogens is 348 g/mol. The molecule has 2 aromatic carbocycles. The van der Waals surface area contributed by atoms with Crippen molar-refractivity contribution in [2.75, 3.05) is 31.5 Å². The van der Waals surface area contributed by atoms with Crippen LogP contribution < -0.4 is 10.6 Å². The van der Waals surface area contributed by atoms with Crippen molar-refractivity contribution in [2.24, 2.45) is 0 Å². The number of halogens is 1. The summed E-state index contributed by atoms with van der Waals surface area (Å²) in [4.78, 5) is 19.2. The van der Waals surface area contributed by atoms with Crippen LogP contribution in [0.2, 0.25) is 5.02 Å². The second-order valence-corrected chi connectivity index (χ2v) is 6.66. The third-order valence-corrected chi connectivity index (χ3v) is 4.77. The third-order valence-electron chi connectivity index (χ3n) is 4.46. The molecule has 0 unspecified atom stereocenters. The van der Waals surface area contributed by atoms with Gasteiger partial charge in [0.05, 0.1) is 10.5 Å². The first-order chi connectivity index (χ1) is 12.7. The zero-order valence-corrected chi connectivity index (χ0v) is 15.0. The Morgan fingerprint density at radius 3 is 2.62 bits per heavy atom. The van der Waals surface area contributed by atoms with Crippen molar-refractivity contribution in [2.45, 2.75) is 0 Å². The van der Waals surface area contributed by atoms with Gasteiger partial charge in [-0.1, -0.05) is 35.9 Å². The van der Waals surface area contributed by atoms with Gasteiger partial charge in [-0.25, -0.2) is 4.98 Å². The molecule has 2 N–H and O–H groups in total. The van der Waals surface area contributed by atoms with Gasteiger partial charge in [-0.2, -0.15) is 0 Å². The molecule has 4 rings (SSSR count). The summed E-state index contributed by atoms with van der Waals surface area (Å²) in [5.74, 6) is 0.688. The van der Waals surface area contributed by atoms with Gasteiger partial charge in [0, 0.05) is 48.9 Å². The monoisotopic (exact) mass is 366 g/mol. The van der Waals surface area contributed by atoms with E-state index in [4.69, 9.17) is 11.6 Å². The van der Waals surface area contributed by atoms with Gasteiger partial charge in [-0.15, -0.1) is 0 Å². The molecule has 2 heterocycles. The Hall–Kier alpha value is -2.63. The highest BCUT2D eigenvalue weighted by molar-refractivity contribution is 6.35. The maximum absolute atomic E-state index is 12.7. The highest BCUT2D eigenvalue weighted by Crippen LogP contribution is 2.28. The summed E-state index contributed by atoms with van der Waals surface area (Å²) in [7, 11) is 0. The number of aromatic nitrogens is 1. The number of amides is 1. The minimum absolute atomic E-state index is 0.0349. The van der Waals surface area contributed by atoms with E-state index < -0.39 is 0 Å². The van der Waals surface area contributed by atoms with Crippen molar-refractivity contribution in [3.8, 4) is 0 Å². The van der Waals surface area contributed by atoms with Gasteiger partial charge in [0.15, 0.2) is 0 Å². The third kappa shape index (κ3) is 3.49. The first kappa shape index (κ1) is 16.8. The van der Waals surface area contributed by atoms with Gasteiger partial charge < -0.3 is 15.5 Å². The molecule has 6 heteroatoms. The molecule has 1 fully saturated rings. The number of nitrogens with zero attached hydrogens (tertiary/aromatic N) is 2. The van der Waals surface area contributed by atoms with E-state index >= 15 is 0 Å². The number of piperazine rings is 1. The number of carbonyl (C=O) groups excluding carboxylic acids is 1. The highest BCUT2D eigenvalue weighted by Gasteiger charge is 2.18. The zero-order chi connectivity index (χ0) is 17.9. The van der Waals surface area contributed by atoms with Crippen molar-refractivity contribution >= 4 is 39.9 Å². The minimum atomic E-state index is 0.0349. The summed E-state index contributed by atoms with van der Waals surface area (Å²) in [6, 6.07) is 17.1. The van der Waals surface area contributed by atoms with Crippen LogP contribution in [-0.4, -0.2) is 42.0 Å². The number of carbonyl (C=O) groups is 1. The molecule has 5 nitrogen and oxygen atoms in total. The summed E-state index contributed by atoms with van der Waals surface area (Å²) in [5.41, 5.74) is 2.28. The number of fused-ring (bicyclic) bond motifs is 1. The van der Waals surface area contributed by atoms with Gasteiger partial charge in [0.25, 0.3) is 5.91 Å². The first-order valence-electron chi connectivity index (χ1n) is 8.63. The fourth-order valence-electron chi connectivity index (χ4n) is 3.10. The van der Waals surface area contributed by atoms with Crippen LogP contribution in [0.4, 0.5) is 11.5 Å². The number of anilines is 2. The van der Waals surface area contributed by atoms with Crippen LogP contribution >= 0.6 is 11.6 Å². The Kier molecular flexibility index (Phi) is 4.73.